The average Bonchev–Trinajstić information content (AvgIpc) is 4.06. The number of rotatable bonds is 10. The van der Waals surface area contributed by atoms with Crippen LogP contribution >= 0.6 is 93.3 Å². The fourth-order valence-corrected chi connectivity index (χ4v) is 15.2. The van der Waals surface area contributed by atoms with Crippen molar-refractivity contribution < 1.29 is 28.7 Å². The van der Waals surface area contributed by atoms with Crippen molar-refractivity contribution in [2.75, 3.05) is 13.1 Å². The van der Waals surface area contributed by atoms with Gasteiger partial charge in [0.15, 0.2) is 5.04 Å². The molecule has 4 aromatic heterocycles. The van der Waals surface area contributed by atoms with Crippen LogP contribution in [0.1, 0.15) is 41.0 Å². The lowest BCUT2D eigenvalue weighted by atomic mass is 9.79. The fraction of sp³-hybridized carbons (Fsp3) is 0.175. The average molecular weight is 902 g/mol. The maximum Gasteiger partial charge on any atom is 0.333 e. The second-order valence-corrected chi connectivity index (χ2v) is 20.4. The number of carbonyl (C=O) groups is 4. The highest BCUT2D eigenvalue weighted by molar-refractivity contribution is 8.35. The number of likely N-dealkylation sites (N-methyl/N-ethyl adjacent to an activating group) is 1. The van der Waals surface area contributed by atoms with E-state index >= 15 is 9.59 Å². The van der Waals surface area contributed by atoms with Gasteiger partial charge >= 0.3 is 11.9 Å². The number of hydrogen-bond donors (Lipinski definition) is 0. The summed E-state index contributed by atoms with van der Waals surface area (Å²) in [5, 5.41) is 0.814. The van der Waals surface area contributed by atoms with Crippen LogP contribution in [-0.2, 0) is 47.3 Å². The minimum atomic E-state index is -2.01. The van der Waals surface area contributed by atoms with Crippen molar-refractivity contribution in [1.82, 2.24) is 9.80 Å². The number of esters is 2. The zero-order chi connectivity index (χ0) is 39.6. The van der Waals surface area contributed by atoms with E-state index in [-0.39, 0.29) is 30.1 Å². The van der Waals surface area contributed by atoms with Gasteiger partial charge in [-0.2, -0.15) is 0 Å². The Labute approximate surface area is 361 Å². The van der Waals surface area contributed by atoms with Crippen LogP contribution in [0.25, 0.3) is 34.6 Å². The second kappa shape index (κ2) is 15.3. The van der Waals surface area contributed by atoms with E-state index in [1.54, 1.807) is 4.90 Å². The molecule has 9 rings (SSSR count). The molecular formula is C40H27N3O6S8. The number of ether oxygens (including phenoxy) is 2. The van der Waals surface area contributed by atoms with Gasteiger partial charge in [0, 0.05) is 38.5 Å². The zero-order valence-electron chi connectivity index (χ0n) is 29.9. The van der Waals surface area contributed by atoms with Crippen molar-refractivity contribution in [3.63, 3.8) is 0 Å². The summed E-state index contributed by atoms with van der Waals surface area (Å²) in [6.45, 7) is 4.52. The van der Waals surface area contributed by atoms with Crippen LogP contribution in [0.4, 0.5) is 5.00 Å². The molecule has 2 amide bonds. The van der Waals surface area contributed by atoms with Crippen molar-refractivity contribution in [2.24, 2.45) is 4.99 Å². The highest BCUT2D eigenvalue weighted by Gasteiger charge is 2.62. The highest BCUT2D eigenvalue weighted by Crippen LogP contribution is 2.64. The Bertz CT molecular complexity index is 2570. The number of hydrogen-bond acceptors (Lipinski definition) is 15. The van der Waals surface area contributed by atoms with Gasteiger partial charge in [-0.25, -0.2) is 4.99 Å². The van der Waals surface area contributed by atoms with Gasteiger partial charge in [-0.1, -0.05) is 96.9 Å². The molecule has 6 aromatic rings. The van der Waals surface area contributed by atoms with Gasteiger partial charge in [0.25, 0.3) is 11.8 Å². The van der Waals surface area contributed by atoms with Gasteiger partial charge in [0.1, 0.15) is 26.9 Å². The number of aliphatic imine (C=N–C) groups is 1. The molecule has 2 fully saturated rings. The topological polar surface area (TPSA) is 106 Å². The molecule has 0 spiro atoms. The number of carbonyl (C=O) groups excluding carboxylic acids is 4. The van der Waals surface area contributed by atoms with Gasteiger partial charge in [0.05, 0.1) is 24.1 Å². The molecule has 1 aliphatic carbocycles. The largest absolute Gasteiger partial charge is 0.459 e. The molecule has 0 bridgehead atoms. The number of benzene rings is 2. The van der Waals surface area contributed by atoms with Crippen LogP contribution in [-0.4, -0.2) is 60.3 Å². The normalized spacial score (nSPS) is 17.5. The van der Waals surface area contributed by atoms with E-state index in [0.717, 1.165) is 51.6 Å². The van der Waals surface area contributed by atoms with E-state index in [0.29, 0.717) is 47.5 Å². The summed E-state index contributed by atoms with van der Waals surface area (Å²) in [4.78, 5) is 67.3. The predicted molar refractivity (Wildman–Crippen MR) is 242 cm³/mol. The lowest BCUT2D eigenvalue weighted by Gasteiger charge is -2.27. The van der Waals surface area contributed by atoms with Gasteiger partial charge < -0.3 is 9.47 Å². The van der Waals surface area contributed by atoms with Crippen LogP contribution < -0.4 is 0 Å². The summed E-state index contributed by atoms with van der Waals surface area (Å²) >= 11 is 19.0. The molecule has 0 saturated carbocycles. The number of thioether (sulfide) groups is 2. The SMILES string of the molecule is CCN1C(=O)C(=Nc2cc3sc4c(c3s2)C(C(=O)OCc2ccccc2)(C(=O)OCc2ccccc2)c2c-4sc3cc(/C=C4\SC(=S)N(CC)C4=O)sc23)SC1=S. The second-order valence-electron chi connectivity index (χ2n) is 12.9. The number of nitrogens with zero attached hydrogens (tertiary/aromatic N) is 3. The Hall–Kier alpha value is -4.07. The van der Waals surface area contributed by atoms with E-state index in [9.17, 15) is 9.59 Å². The van der Waals surface area contributed by atoms with Crippen molar-refractivity contribution in [2.45, 2.75) is 32.5 Å². The summed E-state index contributed by atoms with van der Waals surface area (Å²) in [5.41, 5.74) is 0.523. The maximum atomic E-state index is 15.2. The Balaban J connectivity index is 1.22. The molecule has 0 unspecified atom stereocenters. The minimum absolute atomic E-state index is 0.0654. The number of thiocarbonyl (C=S) groups is 2. The molecule has 0 N–H and O–H groups in total. The summed E-state index contributed by atoms with van der Waals surface area (Å²) in [7, 11) is 0. The number of amides is 2. The molecule has 2 aliphatic heterocycles. The van der Waals surface area contributed by atoms with E-state index < -0.39 is 17.4 Å². The highest BCUT2D eigenvalue weighted by atomic mass is 32.2. The molecule has 17 heteroatoms. The first kappa shape index (κ1) is 38.4. The molecule has 0 atom stereocenters. The van der Waals surface area contributed by atoms with E-state index in [1.165, 1.54) is 62.0 Å². The molecule has 9 nitrogen and oxygen atoms in total. The Morgan fingerprint density at radius 3 is 1.79 bits per heavy atom. The molecule has 286 valence electrons. The standard InChI is InChI=1S/C40H27N3O6S8/c1-3-42-34(44)25(55-38(42)50)16-22-15-23-29(52-22)27-31(53-23)32-28(30-24(54-32)17-26(56-30)41-33-35(45)43(4-2)39(51)57-33)40(27,36(46)48-18-20-11-7-5-8-12-20)37(47)49-19-21-13-9-6-10-14-21/h5-17H,3-4,18-19H2,1-2H3/b25-16-,41-33?. The molecule has 2 saturated heterocycles. The smallest absolute Gasteiger partial charge is 0.333 e. The Kier molecular flexibility index (Phi) is 10.3. The van der Waals surface area contributed by atoms with Gasteiger partial charge in [-0.05, 0) is 54.9 Å². The number of fused-ring (bicyclic) bond motifs is 7. The van der Waals surface area contributed by atoms with Crippen molar-refractivity contribution in [3.8, 4) is 9.75 Å². The van der Waals surface area contributed by atoms with Crippen molar-refractivity contribution >= 4 is 161 Å². The zero-order valence-corrected chi connectivity index (χ0v) is 36.4. The van der Waals surface area contributed by atoms with Gasteiger partial charge in [0.2, 0.25) is 5.41 Å². The van der Waals surface area contributed by atoms with Crippen LogP contribution in [0.2, 0.25) is 0 Å². The van der Waals surface area contributed by atoms with Crippen molar-refractivity contribution in [1.29, 1.82) is 0 Å². The summed E-state index contributed by atoms with van der Waals surface area (Å²) in [6, 6.07) is 22.5. The first-order valence-corrected chi connectivity index (χ1v) is 23.3. The molecular weight excluding hydrogens is 875 g/mol. The molecule has 3 aliphatic rings. The van der Waals surface area contributed by atoms with E-state index in [2.05, 4.69) is 0 Å². The third-order valence-electron chi connectivity index (χ3n) is 9.55. The maximum absolute atomic E-state index is 15.2. The Morgan fingerprint density at radius 1 is 0.719 bits per heavy atom. The van der Waals surface area contributed by atoms with Crippen LogP contribution in [0.15, 0.2) is 82.7 Å². The fourth-order valence-electron chi connectivity index (χ4n) is 6.91. The lowest BCUT2D eigenvalue weighted by Crippen LogP contribution is -2.45. The quantitative estimate of drug-likeness (QED) is 0.0571. The first-order valence-electron chi connectivity index (χ1n) is 17.6. The summed E-state index contributed by atoms with van der Waals surface area (Å²) in [5.74, 6) is -1.92. The predicted octanol–water partition coefficient (Wildman–Crippen LogP) is 10.1. The van der Waals surface area contributed by atoms with E-state index in [1.807, 2.05) is 92.7 Å². The molecule has 2 aromatic carbocycles. The van der Waals surface area contributed by atoms with Crippen LogP contribution in [0, 0.1) is 0 Å². The minimum Gasteiger partial charge on any atom is -0.459 e. The third-order valence-corrected chi connectivity index (χ3v) is 17.1. The molecule has 57 heavy (non-hydrogen) atoms. The summed E-state index contributed by atoms with van der Waals surface area (Å²) < 4.78 is 16.4. The summed E-state index contributed by atoms with van der Waals surface area (Å²) in [6.07, 6.45) is 1.82. The monoisotopic (exact) mass is 901 g/mol. The van der Waals surface area contributed by atoms with Crippen molar-refractivity contribution in [3.05, 3.63) is 105 Å². The van der Waals surface area contributed by atoms with Gasteiger partial charge in [-0.3, -0.25) is 29.0 Å². The van der Waals surface area contributed by atoms with Gasteiger partial charge in [-0.15, -0.1) is 45.3 Å². The van der Waals surface area contributed by atoms with Crippen LogP contribution in [0.3, 0.4) is 0 Å². The van der Waals surface area contributed by atoms with Crippen LogP contribution in [0.5, 0.6) is 0 Å². The Morgan fingerprint density at radius 2 is 1.25 bits per heavy atom. The number of thiophene rings is 4. The third kappa shape index (κ3) is 6.43. The molecule has 0 radical (unpaired) electrons. The first-order chi connectivity index (χ1) is 27.6. The molecule has 6 heterocycles. The lowest BCUT2D eigenvalue weighted by molar-refractivity contribution is -0.164. The van der Waals surface area contributed by atoms with E-state index in [4.69, 9.17) is 38.9 Å².